The number of nitrogens with one attached hydrogen (secondary N) is 2. The standard InChI is InChI=1S/C19H19N5O4/c1-23-14-7-6-13(18(27)22-9-8-16(25)26)10-15(14)24(28)19(23)12-4-2-11(3-5-12)17(20)21/h2-7,10H,8-9H2,1H3,(H3,20,21)(H,22,27)(H,25,26). The summed E-state index contributed by atoms with van der Waals surface area (Å²) in [6, 6.07) is 11.5. The van der Waals surface area contributed by atoms with Crippen LogP contribution < -0.4 is 15.8 Å². The minimum atomic E-state index is -1.00. The number of hydrogen-bond acceptors (Lipinski definition) is 4. The lowest BCUT2D eigenvalue weighted by atomic mass is 10.1. The van der Waals surface area contributed by atoms with Crippen molar-refractivity contribution >= 4 is 28.7 Å². The number of rotatable bonds is 6. The molecule has 9 nitrogen and oxygen atoms in total. The smallest absolute Gasteiger partial charge is 0.305 e. The Morgan fingerprint density at radius 2 is 1.86 bits per heavy atom. The molecule has 0 saturated heterocycles. The molecule has 3 aromatic rings. The zero-order chi connectivity index (χ0) is 20.4. The van der Waals surface area contributed by atoms with E-state index in [9.17, 15) is 14.8 Å². The molecular weight excluding hydrogens is 362 g/mol. The third-order valence-electron chi connectivity index (χ3n) is 4.41. The number of nitrogens with zero attached hydrogens (tertiary/aromatic N) is 2. The third kappa shape index (κ3) is 3.50. The molecule has 5 N–H and O–H groups in total. The molecule has 28 heavy (non-hydrogen) atoms. The van der Waals surface area contributed by atoms with Gasteiger partial charge in [-0.1, -0.05) is 12.1 Å². The summed E-state index contributed by atoms with van der Waals surface area (Å²) in [5.41, 5.74) is 7.89. The van der Waals surface area contributed by atoms with Crippen molar-refractivity contribution in [3.63, 3.8) is 0 Å². The molecule has 0 fully saturated rings. The van der Waals surface area contributed by atoms with E-state index in [0.717, 1.165) is 4.73 Å². The van der Waals surface area contributed by atoms with Crippen LogP contribution in [0.5, 0.6) is 0 Å². The summed E-state index contributed by atoms with van der Waals surface area (Å²) in [7, 11) is 1.75. The van der Waals surface area contributed by atoms with Gasteiger partial charge in [0, 0.05) is 23.7 Å². The van der Waals surface area contributed by atoms with Crippen LogP contribution >= 0.6 is 0 Å². The van der Waals surface area contributed by atoms with Gasteiger partial charge in [-0.25, -0.2) is 9.30 Å². The Bertz CT molecular complexity index is 1090. The number of aliphatic carboxylic acids is 1. The minimum absolute atomic E-state index is 0.00607. The molecule has 0 aliphatic carbocycles. The Balaban J connectivity index is 1.97. The average Bonchev–Trinajstić information content (AvgIpc) is 2.91. The third-order valence-corrected chi connectivity index (χ3v) is 4.41. The van der Waals surface area contributed by atoms with Gasteiger partial charge in [-0.15, -0.1) is 0 Å². The van der Waals surface area contributed by atoms with E-state index < -0.39 is 11.9 Å². The van der Waals surface area contributed by atoms with Crippen molar-refractivity contribution in [2.75, 3.05) is 6.54 Å². The van der Waals surface area contributed by atoms with Crippen molar-refractivity contribution in [3.8, 4) is 11.4 Å². The molecular formula is C19H19N5O4. The Labute approximate surface area is 160 Å². The maximum atomic E-state index is 12.9. The summed E-state index contributed by atoms with van der Waals surface area (Å²) in [6.45, 7) is 0.00607. The van der Waals surface area contributed by atoms with Crippen LogP contribution in [-0.2, 0) is 11.8 Å². The van der Waals surface area contributed by atoms with Crippen LogP contribution in [0, 0.1) is 10.6 Å². The summed E-state index contributed by atoms with van der Waals surface area (Å²) in [5.74, 6) is -1.12. The fourth-order valence-electron chi connectivity index (χ4n) is 2.97. The molecule has 0 radical (unpaired) electrons. The Morgan fingerprint density at radius 1 is 1.21 bits per heavy atom. The number of benzene rings is 2. The SMILES string of the molecule is Cn1c(-c2ccc(C(=N)N)cc2)[n+]([O-])c2cc(C(=O)NCCC(=O)O)ccc21. The first-order valence-corrected chi connectivity index (χ1v) is 8.46. The predicted molar refractivity (Wildman–Crippen MR) is 103 cm³/mol. The molecule has 0 atom stereocenters. The van der Waals surface area contributed by atoms with Gasteiger partial charge in [-0.2, -0.15) is 0 Å². The van der Waals surface area contributed by atoms with Crippen LogP contribution in [0.2, 0.25) is 0 Å². The highest BCUT2D eigenvalue weighted by Crippen LogP contribution is 2.23. The lowest BCUT2D eigenvalue weighted by Gasteiger charge is -2.06. The number of fused-ring (bicyclic) bond motifs is 1. The number of imidazole rings is 1. The van der Waals surface area contributed by atoms with Gasteiger partial charge < -0.3 is 21.4 Å². The fourth-order valence-corrected chi connectivity index (χ4v) is 2.97. The highest BCUT2D eigenvalue weighted by atomic mass is 16.5. The molecule has 2 aromatic carbocycles. The average molecular weight is 381 g/mol. The maximum absolute atomic E-state index is 12.9. The summed E-state index contributed by atoms with van der Waals surface area (Å²) in [4.78, 5) is 22.7. The van der Waals surface area contributed by atoms with Gasteiger partial charge in [0.25, 0.3) is 11.7 Å². The zero-order valence-corrected chi connectivity index (χ0v) is 15.1. The molecule has 0 saturated carbocycles. The van der Waals surface area contributed by atoms with Crippen molar-refractivity contribution in [2.45, 2.75) is 6.42 Å². The number of carboxylic acids is 1. The Hall–Kier alpha value is -3.88. The van der Waals surface area contributed by atoms with E-state index in [-0.39, 0.29) is 24.4 Å². The van der Waals surface area contributed by atoms with Gasteiger partial charge in [0.2, 0.25) is 0 Å². The minimum Gasteiger partial charge on any atom is -0.710 e. The van der Waals surface area contributed by atoms with Crippen LogP contribution in [0.25, 0.3) is 22.4 Å². The Morgan fingerprint density at radius 3 is 2.46 bits per heavy atom. The lowest BCUT2D eigenvalue weighted by molar-refractivity contribution is -0.565. The summed E-state index contributed by atoms with van der Waals surface area (Å²) >= 11 is 0. The van der Waals surface area contributed by atoms with Gasteiger partial charge >= 0.3 is 5.97 Å². The quantitative estimate of drug-likeness (QED) is 0.217. The van der Waals surface area contributed by atoms with E-state index in [1.165, 1.54) is 6.07 Å². The maximum Gasteiger partial charge on any atom is 0.305 e. The fraction of sp³-hybridized carbons (Fsp3) is 0.158. The molecule has 1 amide bonds. The number of carboxylic acid groups (broad SMARTS) is 1. The molecule has 3 rings (SSSR count). The van der Waals surface area contributed by atoms with E-state index in [0.29, 0.717) is 28.0 Å². The molecule has 9 heteroatoms. The van der Waals surface area contributed by atoms with Crippen molar-refractivity contribution in [2.24, 2.45) is 12.8 Å². The summed E-state index contributed by atoms with van der Waals surface area (Å²) in [5, 5.41) is 31.5. The first-order chi connectivity index (χ1) is 13.3. The molecule has 0 aliphatic heterocycles. The monoisotopic (exact) mass is 381 g/mol. The number of carbonyl (C=O) groups excluding carboxylic acids is 1. The first kappa shape index (κ1) is 18.9. The van der Waals surface area contributed by atoms with Gasteiger partial charge in [0.15, 0.2) is 11.0 Å². The van der Waals surface area contributed by atoms with Crippen molar-refractivity contribution < 1.29 is 19.4 Å². The highest BCUT2D eigenvalue weighted by Gasteiger charge is 2.22. The number of aryl methyl sites for hydroxylation is 1. The molecule has 1 heterocycles. The first-order valence-electron chi connectivity index (χ1n) is 8.46. The van der Waals surface area contributed by atoms with Crippen molar-refractivity contribution in [3.05, 3.63) is 58.8 Å². The number of nitrogen functional groups attached to an aromatic ring is 1. The molecule has 0 unspecified atom stereocenters. The topological polar surface area (TPSA) is 148 Å². The second-order valence-electron chi connectivity index (χ2n) is 6.27. The molecule has 144 valence electrons. The van der Waals surface area contributed by atoms with Gasteiger partial charge in [-0.05, 0) is 24.3 Å². The highest BCUT2D eigenvalue weighted by molar-refractivity contribution is 5.97. The van der Waals surface area contributed by atoms with Crippen LogP contribution in [-0.4, -0.2) is 33.9 Å². The van der Waals surface area contributed by atoms with Crippen LogP contribution in [0.4, 0.5) is 0 Å². The second-order valence-corrected chi connectivity index (χ2v) is 6.27. The van der Waals surface area contributed by atoms with Crippen molar-refractivity contribution in [1.29, 1.82) is 5.41 Å². The van der Waals surface area contributed by atoms with E-state index in [2.05, 4.69) is 5.32 Å². The number of carbonyl (C=O) groups is 2. The molecule has 0 spiro atoms. The molecule has 1 aromatic heterocycles. The van der Waals surface area contributed by atoms with Crippen LogP contribution in [0.15, 0.2) is 42.5 Å². The van der Waals surface area contributed by atoms with Gasteiger partial charge in [0.05, 0.1) is 19.0 Å². The zero-order valence-electron chi connectivity index (χ0n) is 15.1. The van der Waals surface area contributed by atoms with Gasteiger partial charge in [-0.3, -0.25) is 15.0 Å². The van der Waals surface area contributed by atoms with Gasteiger partial charge in [0.1, 0.15) is 5.84 Å². The number of aromatic nitrogens is 2. The molecule has 0 aliphatic rings. The number of amides is 1. The van der Waals surface area contributed by atoms with Crippen LogP contribution in [0.3, 0.4) is 0 Å². The number of amidine groups is 1. The van der Waals surface area contributed by atoms with Crippen LogP contribution in [0.1, 0.15) is 22.3 Å². The largest absolute Gasteiger partial charge is 0.710 e. The number of nitrogens with two attached hydrogens (primary N) is 1. The summed E-state index contributed by atoms with van der Waals surface area (Å²) in [6.07, 6.45) is -0.179. The van der Waals surface area contributed by atoms with E-state index in [1.807, 2.05) is 0 Å². The normalized spacial score (nSPS) is 10.8. The Kier molecular flexibility index (Phi) is 4.99. The van der Waals surface area contributed by atoms with E-state index >= 15 is 0 Å². The van der Waals surface area contributed by atoms with Crippen molar-refractivity contribution in [1.82, 2.24) is 9.88 Å². The molecule has 0 bridgehead atoms. The van der Waals surface area contributed by atoms with E-state index in [4.69, 9.17) is 16.2 Å². The second kappa shape index (κ2) is 7.39. The number of hydrogen-bond donors (Lipinski definition) is 4. The summed E-state index contributed by atoms with van der Waals surface area (Å²) < 4.78 is 2.46. The van der Waals surface area contributed by atoms with E-state index in [1.54, 1.807) is 48.0 Å². The lowest BCUT2D eigenvalue weighted by Crippen LogP contribution is -2.29. The predicted octanol–water partition coefficient (Wildman–Crippen LogP) is 0.967.